The van der Waals surface area contributed by atoms with E-state index in [9.17, 15) is 24.8 Å². The Bertz CT molecular complexity index is 532. The minimum atomic E-state index is -0.582. The van der Waals surface area contributed by atoms with Crippen molar-refractivity contribution in [3.8, 4) is 0 Å². The second-order valence-electron chi connectivity index (χ2n) is 3.64. The van der Waals surface area contributed by atoms with Gasteiger partial charge in [-0.25, -0.2) is 0 Å². The number of aliphatic hydroxyl groups excluding tert-OH is 1. The van der Waals surface area contributed by atoms with Crippen LogP contribution in [0, 0.1) is 10.1 Å². The van der Waals surface area contributed by atoms with Gasteiger partial charge in [0.1, 0.15) is 11.3 Å². The molecule has 0 unspecified atom stereocenters. The van der Waals surface area contributed by atoms with Crippen molar-refractivity contribution in [1.82, 2.24) is 0 Å². The molecule has 0 heterocycles. The van der Waals surface area contributed by atoms with E-state index >= 15 is 0 Å². The minimum Gasteiger partial charge on any atom is -0.506 e. The molecule has 0 aliphatic carbocycles. The fourth-order valence-electron chi connectivity index (χ4n) is 1.47. The van der Waals surface area contributed by atoms with Gasteiger partial charge in [-0.05, 0) is 26.0 Å². The molecule has 1 aromatic rings. The first kappa shape index (κ1) is 17.0. The van der Waals surface area contributed by atoms with E-state index in [0.717, 1.165) is 0 Å². The molecule has 6 nitrogen and oxygen atoms in total. The number of carbonyl (C=O) groups is 2. The molecule has 0 aliphatic rings. The topological polar surface area (TPSA) is 97.5 Å². The van der Waals surface area contributed by atoms with Crippen molar-refractivity contribution in [3.05, 3.63) is 45.5 Å². The molecule has 1 N–H and O–H groups in total. The van der Waals surface area contributed by atoms with Gasteiger partial charge >= 0.3 is 0 Å². The first-order chi connectivity index (χ1) is 8.34. The Morgan fingerprint density at radius 2 is 1.53 bits per heavy atom. The van der Waals surface area contributed by atoms with E-state index in [1.807, 2.05) is 0 Å². The second-order valence-corrected chi connectivity index (χ2v) is 3.64. The van der Waals surface area contributed by atoms with Crippen molar-refractivity contribution < 1.29 is 36.7 Å². The summed E-state index contributed by atoms with van der Waals surface area (Å²) in [6.45, 7) is 2.33. The molecule has 1 radical (unpaired) electrons. The monoisotopic (exact) mass is 312 g/mol. The number of hydrogen-bond donors (Lipinski definition) is 1. The normalized spacial score (nSPS) is 9.16. The number of nitrogens with zero attached hydrogens (tertiary/aromatic N) is 1. The molecule has 0 saturated carbocycles. The Hall–Kier alpha value is -1.98. The molecular weight excluding hydrogens is 302 g/mol. The Morgan fingerprint density at radius 1 is 1.11 bits per heavy atom. The number of rotatable bonds is 4. The van der Waals surface area contributed by atoms with E-state index in [4.69, 9.17) is 0 Å². The smallest absolute Gasteiger partial charge is 0.269 e. The van der Waals surface area contributed by atoms with Crippen LogP contribution in [0.4, 0.5) is 5.69 Å². The summed E-state index contributed by atoms with van der Waals surface area (Å²) in [6.07, 6.45) is 0. The summed E-state index contributed by atoms with van der Waals surface area (Å²) in [5.41, 5.74) is -0.274. The number of nitro benzene ring substituents is 1. The zero-order chi connectivity index (χ0) is 13.9. The molecule has 1 aromatic carbocycles. The molecule has 19 heavy (non-hydrogen) atoms. The molecule has 1 rings (SSSR count). The number of carbonyl (C=O) groups excluding carboxylic acids is 2. The van der Waals surface area contributed by atoms with Crippen LogP contribution in [0.5, 0.6) is 0 Å². The van der Waals surface area contributed by atoms with E-state index < -0.39 is 22.2 Å². The quantitative estimate of drug-likeness (QED) is 0.174. The standard InChI is InChI=1S/C12H11NO5.Cu/c1-7(14)11(8(2)15)12(16)9-3-5-10(6-4-9)13(17)18;/h3-6,16H,1-2H3;. The van der Waals surface area contributed by atoms with Gasteiger partial charge < -0.3 is 5.11 Å². The maximum absolute atomic E-state index is 11.2. The van der Waals surface area contributed by atoms with Crippen LogP contribution < -0.4 is 0 Å². The van der Waals surface area contributed by atoms with Crippen LogP contribution in [0.15, 0.2) is 29.8 Å². The molecule has 0 atom stereocenters. The average molecular weight is 313 g/mol. The van der Waals surface area contributed by atoms with Crippen LogP contribution in [0.25, 0.3) is 5.76 Å². The number of ketones is 2. The zero-order valence-corrected chi connectivity index (χ0v) is 11.1. The number of aliphatic hydroxyl groups is 1. The molecule has 7 heteroatoms. The summed E-state index contributed by atoms with van der Waals surface area (Å²) in [4.78, 5) is 32.3. The minimum absolute atomic E-state index is 0. The van der Waals surface area contributed by atoms with Crippen molar-refractivity contribution in [2.45, 2.75) is 13.8 Å². The first-order valence-electron chi connectivity index (χ1n) is 5.04. The van der Waals surface area contributed by atoms with E-state index in [1.54, 1.807) is 0 Å². The van der Waals surface area contributed by atoms with E-state index in [1.165, 1.54) is 38.1 Å². The first-order valence-corrected chi connectivity index (χ1v) is 5.04. The summed E-state index contributed by atoms with van der Waals surface area (Å²) < 4.78 is 0. The Kier molecular flexibility index (Phi) is 6.11. The van der Waals surface area contributed by atoms with Crippen molar-refractivity contribution in [2.75, 3.05) is 0 Å². The third-order valence-electron chi connectivity index (χ3n) is 2.29. The number of Topliss-reactive ketones (excluding diaryl/α,β-unsaturated/α-hetero) is 2. The summed E-state index contributed by atoms with van der Waals surface area (Å²) in [7, 11) is 0. The van der Waals surface area contributed by atoms with Gasteiger partial charge in [0.05, 0.1) is 4.92 Å². The fraction of sp³-hybridized carbons (Fsp3) is 0.167. The van der Waals surface area contributed by atoms with Crippen molar-refractivity contribution in [3.63, 3.8) is 0 Å². The SMILES string of the molecule is CC(=O)C(C(C)=O)=C(O)c1ccc([N+](=O)[O-])cc1.[Cu]. The predicted molar refractivity (Wildman–Crippen MR) is 64.0 cm³/mol. The number of benzene rings is 1. The third kappa shape index (κ3) is 4.01. The Labute approximate surface area is 119 Å². The average Bonchev–Trinajstić information content (AvgIpc) is 2.28. The number of non-ortho nitro benzene ring substituents is 1. The Morgan fingerprint density at radius 3 is 1.84 bits per heavy atom. The molecular formula is C12H11CuNO5. The maximum atomic E-state index is 11.2. The third-order valence-corrected chi connectivity index (χ3v) is 2.29. The molecule has 0 aliphatic heterocycles. The summed E-state index contributed by atoms with van der Waals surface area (Å²) in [5.74, 6) is -1.58. The second kappa shape index (κ2) is 6.82. The van der Waals surface area contributed by atoms with Gasteiger partial charge in [-0.3, -0.25) is 19.7 Å². The van der Waals surface area contributed by atoms with Gasteiger partial charge in [-0.2, -0.15) is 0 Å². The molecule has 0 saturated heterocycles. The number of nitro groups is 1. The number of hydrogen-bond acceptors (Lipinski definition) is 5. The molecule has 0 spiro atoms. The molecule has 0 fully saturated rings. The maximum Gasteiger partial charge on any atom is 0.269 e. The molecule has 0 aromatic heterocycles. The zero-order valence-electron chi connectivity index (χ0n) is 10.1. The van der Waals surface area contributed by atoms with Crippen LogP contribution in [-0.4, -0.2) is 21.6 Å². The molecule has 0 bridgehead atoms. The summed E-state index contributed by atoms with van der Waals surface area (Å²) >= 11 is 0. The van der Waals surface area contributed by atoms with Crippen molar-refractivity contribution in [1.29, 1.82) is 0 Å². The van der Waals surface area contributed by atoms with Crippen LogP contribution >= 0.6 is 0 Å². The predicted octanol–water partition coefficient (Wildman–Crippen LogP) is 2.04. The van der Waals surface area contributed by atoms with Gasteiger partial charge in [-0.1, -0.05) is 0 Å². The Balaban J connectivity index is 0.00000324. The summed E-state index contributed by atoms with van der Waals surface area (Å²) in [6, 6.07) is 4.92. The molecule has 105 valence electrons. The van der Waals surface area contributed by atoms with Gasteiger partial charge in [0, 0.05) is 34.8 Å². The van der Waals surface area contributed by atoms with Crippen molar-refractivity contribution in [2.24, 2.45) is 0 Å². The van der Waals surface area contributed by atoms with Crippen LogP contribution in [-0.2, 0) is 26.7 Å². The fourth-order valence-corrected chi connectivity index (χ4v) is 1.47. The van der Waals surface area contributed by atoms with Crippen molar-refractivity contribution >= 4 is 23.0 Å². The van der Waals surface area contributed by atoms with Gasteiger partial charge in [0.25, 0.3) is 5.69 Å². The molecule has 0 amide bonds. The van der Waals surface area contributed by atoms with Crippen LogP contribution in [0.3, 0.4) is 0 Å². The number of allylic oxidation sites excluding steroid dienone is 1. The van der Waals surface area contributed by atoms with Crippen LogP contribution in [0.2, 0.25) is 0 Å². The van der Waals surface area contributed by atoms with Gasteiger partial charge in [0.2, 0.25) is 0 Å². The van der Waals surface area contributed by atoms with Gasteiger partial charge in [0.15, 0.2) is 11.6 Å². The largest absolute Gasteiger partial charge is 0.506 e. The van der Waals surface area contributed by atoms with E-state index in [-0.39, 0.29) is 33.9 Å². The summed E-state index contributed by atoms with van der Waals surface area (Å²) in [5, 5.41) is 20.3. The van der Waals surface area contributed by atoms with Crippen LogP contribution in [0.1, 0.15) is 19.4 Å². The van der Waals surface area contributed by atoms with E-state index in [2.05, 4.69) is 0 Å². The van der Waals surface area contributed by atoms with E-state index in [0.29, 0.717) is 0 Å². The van der Waals surface area contributed by atoms with Gasteiger partial charge in [-0.15, -0.1) is 0 Å².